The Morgan fingerprint density at radius 1 is 1.25 bits per heavy atom. The zero-order valence-corrected chi connectivity index (χ0v) is 12.3. The minimum absolute atomic E-state index is 0.585. The quantitative estimate of drug-likeness (QED) is 0.923. The van der Waals surface area contributed by atoms with Gasteiger partial charge < -0.3 is 5.32 Å². The minimum Gasteiger partial charge on any atom is -0.316 e. The van der Waals surface area contributed by atoms with Gasteiger partial charge in [-0.05, 0) is 42.5 Å². The Balaban J connectivity index is 1.72. The standard InChI is InChI=1S/C17H23N3/c1-13(2)15-3-5-16(6-4-15)17-10-19-20(12-17)11-14-7-8-18-9-14/h3-6,10,12-14,18H,7-9,11H2,1-2H3. The molecule has 1 aromatic heterocycles. The molecule has 1 atom stereocenters. The van der Waals surface area contributed by atoms with Crippen molar-refractivity contribution in [1.82, 2.24) is 15.1 Å². The van der Waals surface area contributed by atoms with Crippen molar-refractivity contribution in [3.63, 3.8) is 0 Å². The van der Waals surface area contributed by atoms with Gasteiger partial charge in [0.2, 0.25) is 0 Å². The normalized spacial score (nSPS) is 18.9. The molecule has 1 aliphatic heterocycles. The SMILES string of the molecule is CC(C)c1ccc(-c2cnn(CC3CCNC3)c2)cc1. The fourth-order valence-corrected chi connectivity index (χ4v) is 2.81. The Kier molecular flexibility index (Phi) is 3.88. The molecule has 1 saturated heterocycles. The molecule has 2 aromatic rings. The maximum Gasteiger partial charge on any atom is 0.0568 e. The molecule has 1 aromatic carbocycles. The van der Waals surface area contributed by atoms with Gasteiger partial charge >= 0.3 is 0 Å². The lowest BCUT2D eigenvalue weighted by Gasteiger charge is -2.07. The summed E-state index contributed by atoms with van der Waals surface area (Å²) in [5.74, 6) is 1.31. The van der Waals surface area contributed by atoms with Crippen LogP contribution in [-0.4, -0.2) is 22.9 Å². The number of hydrogen-bond acceptors (Lipinski definition) is 2. The van der Waals surface area contributed by atoms with E-state index in [1.807, 2.05) is 6.20 Å². The Morgan fingerprint density at radius 2 is 2.05 bits per heavy atom. The van der Waals surface area contributed by atoms with Crippen molar-refractivity contribution in [3.05, 3.63) is 42.2 Å². The highest BCUT2D eigenvalue weighted by Crippen LogP contribution is 2.22. The van der Waals surface area contributed by atoms with Crippen LogP contribution in [0.3, 0.4) is 0 Å². The summed E-state index contributed by atoms with van der Waals surface area (Å²) in [5, 5.41) is 7.91. The van der Waals surface area contributed by atoms with Gasteiger partial charge in [-0.15, -0.1) is 0 Å². The summed E-state index contributed by atoms with van der Waals surface area (Å²) in [6, 6.07) is 8.85. The highest BCUT2D eigenvalue weighted by Gasteiger charge is 2.15. The monoisotopic (exact) mass is 269 g/mol. The van der Waals surface area contributed by atoms with Gasteiger partial charge in [-0.1, -0.05) is 38.1 Å². The molecule has 3 rings (SSSR count). The lowest BCUT2D eigenvalue weighted by molar-refractivity contribution is 0.449. The maximum atomic E-state index is 4.50. The van der Waals surface area contributed by atoms with Crippen LogP contribution in [0.1, 0.15) is 31.7 Å². The molecule has 1 fully saturated rings. The molecular weight excluding hydrogens is 246 g/mol. The van der Waals surface area contributed by atoms with Crippen LogP contribution in [0.15, 0.2) is 36.7 Å². The number of rotatable bonds is 4. The molecule has 1 N–H and O–H groups in total. The molecule has 3 heteroatoms. The first-order valence-electron chi connectivity index (χ1n) is 7.56. The number of benzene rings is 1. The van der Waals surface area contributed by atoms with E-state index in [2.05, 4.69) is 59.4 Å². The lowest BCUT2D eigenvalue weighted by Crippen LogP contribution is -2.14. The molecule has 0 amide bonds. The fraction of sp³-hybridized carbons (Fsp3) is 0.471. The van der Waals surface area contributed by atoms with E-state index in [1.54, 1.807) is 0 Å². The first-order chi connectivity index (χ1) is 9.72. The van der Waals surface area contributed by atoms with Gasteiger partial charge in [-0.3, -0.25) is 4.68 Å². The summed E-state index contributed by atoms with van der Waals surface area (Å²) in [6.45, 7) is 7.75. The van der Waals surface area contributed by atoms with Crippen LogP contribution in [0.2, 0.25) is 0 Å². The summed E-state index contributed by atoms with van der Waals surface area (Å²) in [7, 11) is 0. The lowest BCUT2D eigenvalue weighted by atomic mass is 10.0. The molecular formula is C17H23N3. The molecule has 0 spiro atoms. The van der Waals surface area contributed by atoms with Gasteiger partial charge in [0.15, 0.2) is 0 Å². The average molecular weight is 269 g/mol. The van der Waals surface area contributed by atoms with Gasteiger partial charge in [0.05, 0.1) is 6.20 Å². The van der Waals surface area contributed by atoms with Crippen LogP contribution in [0.25, 0.3) is 11.1 Å². The van der Waals surface area contributed by atoms with E-state index < -0.39 is 0 Å². The Morgan fingerprint density at radius 3 is 2.70 bits per heavy atom. The summed E-state index contributed by atoms with van der Waals surface area (Å²) >= 11 is 0. The molecule has 0 aliphatic carbocycles. The zero-order valence-electron chi connectivity index (χ0n) is 12.3. The Bertz CT molecular complexity index is 548. The number of aromatic nitrogens is 2. The highest BCUT2D eigenvalue weighted by molar-refractivity contribution is 5.62. The minimum atomic E-state index is 0.585. The molecule has 0 radical (unpaired) electrons. The van der Waals surface area contributed by atoms with Crippen molar-refractivity contribution in [2.75, 3.05) is 13.1 Å². The van der Waals surface area contributed by atoms with Crippen LogP contribution in [0, 0.1) is 5.92 Å². The van der Waals surface area contributed by atoms with Gasteiger partial charge in [0, 0.05) is 18.3 Å². The van der Waals surface area contributed by atoms with E-state index in [4.69, 9.17) is 0 Å². The third kappa shape index (κ3) is 2.93. The largest absolute Gasteiger partial charge is 0.316 e. The molecule has 1 unspecified atom stereocenters. The summed E-state index contributed by atoms with van der Waals surface area (Å²) in [5.41, 5.74) is 3.86. The van der Waals surface area contributed by atoms with Gasteiger partial charge in [-0.25, -0.2) is 0 Å². The zero-order chi connectivity index (χ0) is 13.9. The molecule has 106 valence electrons. The predicted molar refractivity (Wildman–Crippen MR) is 82.7 cm³/mol. The molecule has 3 nitrogen and oxygen atoms in total. The molecule has 0 saturated carbocycles. The average Bonchev–Trinajstić information content (AvgIpc) is 3.11. The van der Waals surface area contributed by atoms with E-state index in [-0.39, 0.29) is 0 Å². The number of nitrogens with one attached hydrogen (secondary N) is 1. The van der Waals surface area contributed by atoms with E-state index >= 15 is 0 Å². The number of hydrogen-bond donors (Lipinski definition) is 1. The molecule has 1 aliphatic rings. The molecule has 2 heterocycles. The van der Waals surface area contributed by atoms with E-state index in [1.165, 1.54) is 23.1 Å². The van der Waals surface area contributed by atoms with Crippen molar-refractivity contribution in [1.29, 1.82) is 0 Å². The Hall–Kier alpha value is -1.61. The first kappa shape index (κ1) is 13.4. The van der Waals surface area contributed by atoms with Crippen LogP contribution in [0.5, 0.6) is 0 Å². The Labute approximate surface area is 121 Å². The van der Waals surface area contributed by atoms with Crippen LogP contribution < -0.4 is 5.32 Å². The maximum absolute atomic E-state index is 4.50. The van der Waals surface area contributed by atoms with Crippen molar-refractivity contribution in [2.45, 2.75) is 32.7 Å². The van der Waals surface area contributed by atoms with Crippen molar-refractivity contribution in [3.8, 4) is 11.1 Å². The molecule has 20 heavy (non-hydrogen) atoms. The second kappa shape index (κ2) is 5.80. The van der Waals surface area contributed by atoms with Crippen molar-refractivity contribution >= 4 is 0 Å². The van der Waals surface area contributed by atoms with Gasteiger partial charge in [-0.2, -0.15) is 5.10 Å². The fourth-order valence-electron chi connectivity index (χ4n) is 2.81. The smallest absolute Gasteiger partial charge is 0.0568 e. The number of nitrogens with zero attached hydrogens (tertiary/aromatic N) is 2. The van der Waals surface area contributed by atoms with Crippen molar-refractivity contribution in [2.24, 2.45) is 5.92 Å². The van der Waals surface area contributed by atoms with Crippen LogP contribution in [0.4, 0.5) is 0 Å². The van der Waals surface area contributed by atoms with E-state index in [0.717, 1.165) is 25.6 Å². The summed E-state index contributed by atoms with van der Waals surface area (Å²) in [4.78, 5) is 0. The molecule has 0 bridgehead atoms. The third-order valence-corrected chi connectivity index (χ3v) is 4.15. The topological polar surface area (TPSA) is 29.9 Å². The van der Waals surface area contributed by atoms with Crippen LogP contribution in [-0.2, 0) is 6.54 Å². The second-order valence-corrected chi connectivity index (χ2v) is 6.09. The van der Waals surface area contributed by atoms with Gasteiger partial charge in [0.25, 0.3) is 0 Å². The third-order valence-electron chi connectivity index (χ3n) is 4.15. The second-order valence-electron chi connectivity index (χ2n) is 6.09. The van der Waals surface area contributed by atoms with Crippen molar-refractivity contribution < 1.29 is 0 Å². The van der Waals surface area contributed by atoms with Gasteiger partial charge in [0.1, 0.15) is 0 Å². The summed E-state index contributed by atoms with van der Waals surface area (Å²) < 4.78 is 2.09. The predicted octanol–water partition coefficient (Wildman–Crippen LogP) is 3.28. The summed E-state index contributed by atoms with van der Waals surface area (Å²) in [6.07, 6.45) is 5.41. The highest BCUT2D eigenvalue weighted by atomic mass is 15.3. The first-order valence-corrected chi connectivity index (χ1v) is 7.56. The van der Waals surface area contributed by atoms with E-state index in [9.17, 15) is 0 Å². The van der Waals surface area contributed by atoms with E-state index in [0.29, 0.717) is 5.92 Å². The van der Waals surface area contributed by atoms with Crippen LogP contribution >= 0.6 is 0 Å².